The number of ketones is 2. The average molecular weight is 836 g/mol. The summed E-state index contributed by atoms with van der Waals surface area (Å²) in [4.78, 5) is 72.4. The summed E-state index contributed by atoms with van der Waals surface area (Å²) in [5.74, 6) is -2.13. The number of ether oxygens (including phenoxy) is 2. The van der Waals surface area contributed by atoms with E-state index in [0.29, 0.717) is 48.7 Å². The van der Waals surface area contributed by atoms with Crippen LogP contribution in [-0.4, -0.2) is 101 Å². The number of nitrogens with one attached hydrogen (secondary N) is 2. The molecule has 56 heavy (non-hydrogen) atoms. The van der Waals surface area contributed by atoms with Crippen LogP contribution in [0.5, 0.6) is 0 Å². The molecule has 2 aromatic carbocycles. The number of benzene rings is 2. The van der Waals surface area contributed by atoms with Crippen LogP contribution in [0.15, 0.2) is 58.5 Å². The normalized spacial score (nSPS) is 19.2. The molecular weight excluding hydrogens is 787 g/mol. The lowest BCUT2D eigenvalue weighted by Gasteiger charge is -2.32. The van der Waals surface area contributed by atoms with Crippen LogP contribution in [0.3, 0.4) is 0 Å². The van der Waals surface area contributed by atoms with E-state index in [2.05, 4.69) is 26.6 Å². The summed E-state index contributed by atoms with van der Waals surface area (Å²) >= 11 is 3.24. The Balaban J connectivity index is 0.000000168. The largest absolute Gasteiger partial charge is 0.492 e. The molecule has 14 nitrogen and oxygen atoms in total. The van der Waals surface area contributed by atoms with Crippen LogP contribution in [0.1, 0.15) is 95.5 Å². The van der Waals surface area contributed by atoms with Gasteiger partial charge in [0.25, 0.3) is 23.4 Å². The first-order chi connectivity index (χ1) is 25.8. The number of halogens is 1. The fraction of sp³-hybridized carbons (Fsp3) is 0.450. The Kier molecular flexibility index (Phi) is 11.8. The van der Waals surface area contributed by atoms with Crippen molar-refractivity contribution in [3.8, 4) is 0 Å². The van der Waals surface area contributed by atoms with E-state index in [0.717, 1.165) is 21.1 Å². The molecule has 0 aromatic heterocycles. The second-order valence-electron chi connectivity index (χ2n) is 16.8. The molecule has 4 amide bonds. The van der Waals surface area contributed by atoms with E-state index in [9.17, 15) is 28.8 Å². The highest BCUT2D eigenvalue weighted by Crippen LogP contribution is 2.39. The molecule has 2 N–H and O–H groups in total. The number of anilines is 2. The number of carbonyl (C=O) groups excluding carboxylic acids is 6. The topological polar surface area (TPSA) is 170 Å². The number of hydrogen-bond donors (Lipinski definition) is 2. The maximum absolute atomic E-state index is 12.1. The van der Waals surface area contributed by atoms with E-state index in [1.807, 2.05) is 81.4 Å². The summed E-state index contributed by atoms with van der Waals surface area (Å²) < 4.78 is 23.6. The molecular formula is C40H48BBrN4O10. The minimum atomic E-state index is -0.604. The van der Waals surface area contributed by atoms with Crippen LogP contribution in [0, 0.1) is 0 Å². The molecule has 0 saturated carbocycles. The van der Waals surface area contributed by atoms with Gasteiger partial charge in [0.2, 0.25) is 0 Å². The lowest BCUT2D eigenvalue weighted by molar-refractivity contribution is -0.112. The van der Waals surface area contributed by atoms with Gasteiger partial charge in [0, 0.05) is 30.7 Å². The predicted octanol–water partition coefficient (Wildman–Crippen LogP) is 6.83. The van der Waals surface area contributed by atoms with Crippen molar-refractivity contribution in [1.82, 2.24) is 9.80 Å². The van der Waals surface area contributed by atoms with Gasteiger partial charge in [0.05, 0.1) is 33.7 Å². The highest BCUT2D eigenvalue weighted by molar-refractivity contribution is 9.10. The Morgan fingerprint density at radius 2 is 1.18 bits per heavy atom. The Hall–Kier alpha value is -4.80. The van der Waals surface area contributed by atoms with E-state index in [1.165, 1.54) is 0 Å². The number of rotatable bonds is 2. The summed E-state index contributed by atoms with van der Waals surface area (Å²) in [6.45, 7) is 21.1. The van der Waals surface area contributed by atoms with Gasteiger partial charge >= 0.3 is 19.3 Å². The van der Waals surface area contributed by atoms with Crippen molar-refractivity contribution in [1.29, 1.82) is 0 Å². The Morgan fingerprint density at radius 1 is 0.714 bits per heavy atom. The molecule has 1 saturated heterocycles. The predicted molar refractivity (Wildman–Crippen MR) is 214 cm³/mol. The van der Waals surface area contributed by atoms with E-state index >= 15 is 0 Å². The van der Waals surface area contributed by atoms with Gasteiger partial charge in [-0.05, 0) is 116 Å². The molecule has 0 aliphatic carbocycles. The molecule has 0 spiro atoms. The quantitative estimate of drug-likeness (QED) is 0.242. The number of Topliss-reactive ketones (excluding diaryl/α,β-unsaturated/α-hetero) is 2. The monoisotopic (exact) mass is 834 g/mol. The van der Waals surface area contributed by atoms with E-state index in [1.54, 1.807) is 46.2 Å². The van der Waals surface area contributed by atoms with E-state index in [4.69, 9.17) is 18.8 Å². The minimum absolute atomic E-state index is 0.301. The van der Waals surface area contributed by atoms with Gasteiger partial charge in [0.15, 0.2) is 0 Å². The maximum atomic E-state index is 12.1. The van der Waals surface area contributed by atoms with E-state index < -0.39 is 34.6 Å². The fourth-order valence-corrected chi connectivity index (χ4v) is 6.26. The lowest BCUT2D eigenvalue weighted by atomic mass is 9.79. The first kappa shape index (κ1) is 42.3. The maximum Gasteiger partial charge on any atom is 0.492 e. The van der Waals surface area contributed by atoms with E-state index in [-0.39, 0.29) is 30.5 Å². The molecule has 7 rings (SSSR count). The van der Waals surface area contributed by atoms with Crippen molar-refractivity contribution in [2.24, 2.45) is 0 Å². The van der Waals surface area contributed by atoms with Crippen LogP contribution in [0.25, 0.3) is 5.57 Å². The smallest absolute Gasteiger partial charge is 0.444 e. The second-order valence-corrected chi connectivity index (χ2v) is 17.8. The van der Waals surface area contributed by atoms with Crippen molar-refractivity contribution in [3.63, 3.8) is 0 Å². The van der Waals surface area contributed by atoms with Gasteiger partial charge in [-0.3, -0.25) is 19.2 Å². The van der Waals surface area contributed by atoms with Gasteiger partial charge in [-0.1, -0.05) is 34.1 Å². The summed E-state index contributed by atoms with van der Waals surface area (Å²) in [7, 11) is -0.387. The second kappa shape index (κ2) is 15.6. The lowest BCUT2D eigenvalue weighted by Crippen LogP contribution is -2.41. The van der Waals surface area contributed by atoms with Crippen LogP contribution >= 0.6 is 15.9 Å². The van der Waals surface area contributed by atoms with Gasteiger partial charge < -0.3 is 39.2 Å². The standard InChI is InChI=1S/C17H18N2O4.C15H26BNO4.C8H4BrNO2/c1-17(2,3)23-16(22)19-7-6-11(9-19)10-4-5-12-13(8-10)18-15(21)14(12)20;1-13(2,3)19-12(18)17-9-8-11(10-17)16-20-14(4,5)15(6,7)21-16;9-4-1-2-5-6(3-4)10-8(12)7(5)11/h4-6,8H,7,9H2,1-3H3,(H,18,20,21);8H,9-10H2,1-7H3;1-3H,(H,10,11,12). The molecule has 16 heteroatoms. The average Bonchev–Trinajstić information content (AvgIpc) is 3.89. The van der Waals surface area contributed by atoms with Crippen molar-refractivity contribution in [2.45, 2.75) is 91.6 Å². The summed E-state index contributed by atoms with van der Waals surface area (Å²) in [5, 5.41) is 5.02. The third kappa shape index (κ3) is 9.77. The van der Waals surface area contributed by atoms with Crippen molar-refractivity contribution in [3.05, 3.63) is 75.2 Å². The molecule has 0 atom stereocenters. The van der Waals surface area contributed by atoms with Crippen LogP contribution in [0.4, 0.5) is 21.0 Å². The summed E-state index contributed by atoms with van der Waals surface area (Å²) in [6, 6.07) is 10.3. The highest BCUT2D eigenvalue weighted by Gasteiger charge is 2.53. The zero-order chi connectivity index (χ0) is 41.5. The summed E-state index contributed by atoms with van der Waals surface area (Å²) in [5.41, 5.74) is 3.03. The number of amides is 4. The molecule has 0 radical (unpaired) electrons. The van der Waals surface area contributed by atoms with Crippen LogP contribution in [0.2, 0.25) is 0 Å². The fourth-order valence-electron chi connectivity index (χ4n) is 5.90. The molecule has 0 unspecified atom stereocenters. The van der Waals surface area contributed by atoms with Gasteiger partial charge in [0.1, 0.15) is 11.2 Å². The van der Waals surface area contributed by atoms with Crippen molar-refractivity contribution in [2.75, 3.05) is 36.8 Å². The zero-order valence-corrected chi connectivity index (χ0v) is 35.0. The number of fused-ring (bicyclic) bond motifs is 2. The molecule has 1 fully saturated rings. The van der Waals surface area contributed by atoms with Crippen molar-refractivity contribution >= 4 is 75.6 Å². The zero-order valence-electron chi connectivity index (χ0n) is 33.4. The number of nitrogens with zero attached hydrogens (tertiary/aromatic N) is 2. The van der Waals surface area contributed by atoms with Crippen LogP contribution in [-0.2, 0) is 28.4 Å². The number of carbonyl (C=O) groups is 6. The molecule has 5 aliphatic heterocycles. The minimum Gasteiger partial charge on any atom is -0.444 e. The molecule has 5 heterocycles. The first-order valence-electron chi connectivity index (χ1n) is 18.2. The third-order valence-corrected chi connectivity index (χ3v) is 9.99. The highest BCUT2D eigenvalue weighted by atomic mass is 79.9. The Labute approximate surface area is 335 Å². The Bertz CT molecular complexity index is 2030. The van der Waals surface area contributed by atoms with Crippen molar-refractivity contribution < 1.29 is 47.5 Å². The summed E-state index contributed by atoms with van der Waals surface area (Å²) in [6.07, 6.45) is 3.29. The first-order valence-corrected chi connectivity index (χ1v) is 19.0. The molecule has 5 aliphatic rings. The molecule has 0 bridgehead atoms. The van der Waals surface area contributed by atoms with Crippen LogP contribution < -0.4 is 10.6 Å². The molecule has 2 aromatic rings. The van der Waals surface area contributed by atoms with Gasteiger partial charge in [-0.2, -0.15) is 0 Å². The Morgan fingerprint density at radius 3 is 1.70 bits per heavy atom. The number of hydrogen-bond acceptors (Lipinski definition) is 10. The van der Waals surface area contributed by atoms with Gasteiger partial charge in [-0.15, -0.1) is 0 Å². The molecule has 298 valence electrons. The van der Waals surface area contributed by atoms with Gasteiger partial charge in [-0.25, -0.2) is 9.59 Å². The SMILES string of the molecule is CC(C)(C)OC(=O)N1CC=C(B2OC(C)(C)C(C)(C)O2)C1.CC(C)(C)OC(=O)N1CC=C(c2ccc3c(c2)NC(=O)C3=O)C1.O=C1Nc2cc(Br)ccc2C1=O. The third-order valence-electron chi connectivity index (χ3n) is 9.50.